The van der Waals surface area contributed by atoms with E-state index in [4.69, 9.17) is 9.47 Å². The molecule has 0 radical (unpaired) electrons. The summed E-state index contributed by atoms with van der Waals surface area (Å²) in [5, 5.41) is 3.10. The molecule has 1 saturated carbocycles. The van der Waals surface area contributed by atoms with Crippen molar-refractivity contribution in [3.63, 3.8) is 0 Å². The average molecular weight is 350 g/mol. The molecule has 0 unspecified atom stereocenters. The van der Waals surface area contributed by atoms with Gasteiger partial charge in [-0.2, -0.15) is 0 Å². The smallest absolute Gasteiger partial charge is 0.235 e. The average Bonchev–Trinajstić information content (AvgIpc) is 3.08. The van der Waals surface area contributed by atoms with Gasteiger partial charge in [0.25, 0.3) is 0 Å². The fourth-order valence-corrected chi connectivity index (χ4v) is 3.95. The van der Waals surface area contributed by atoms with Gasteiger partial charge in [0, 0.05) is 24.5 Å². The molecule has 1 aliphatic carbocycles. The number of benzene rings is 2. The third-order valence-electron chi connectivity index (χ3n) is 5.71. The fourth-order valence-electron chi connectivity index (χ4n) is 3.95. The number of nitrogens with one attached hydrogen (secondary N) is 1. The Balaban J connectivity index is 1.32. The van der Waals surface area contributed by atoms with Crippen molar-refractivity contribution in [3.05, 3.63) is 48.0 Å². The van der Waals surface area contributed by atoms with Gasteiger partial charge in [-0.25, -0.2) is 0 Å². The van der Waals surface area contributed by atoms with Gasteiger partial charge in [0.15, 0.2) is 11.5 Å². The van der Waals surface area contributed by atoms with Gasteiger partial charge in [0.2, 0.25) is 12.7 Å². The molecular formula is C21H22N2O3. The molecule has 0 atom stereocenters. The van der Waals surface area contributed by atoms with E-state index in [9.17, 15) is 4.79 Å². The minimum absolute atomic E-state index is 0.0605. The number of hydrogen-bond donors (Lipinski definition) is 1. The summed E-state index contributed by atoms with van der Waals surface area (Å²) in [5.41, 5.74) is 2.66. The topological polar surface area (TPSA) is 50.8 Å². The summed E-state index contributed by atoms with van der Waals surface area (Å²) >= 11 is 0. The number of carbonyl (C=O) groups excluding carboxylic acids is 1. The number of anilines is 2. The first-order valence-electron chi connectivity index (χ1n) is 9.31. The second kappa shape index (κ2) is 5.94. The van der Waals surface area contributed by atoms with Crippen LogP contribution in [0.5, 0.6) is 11.5 Å². The summed E-state index contributed by atoms with van der Waals surface area (Å²) in [5.74, 6) is 1.55. The molecular weight excluding hydrogens is 328 g/mol. The Kier molecular flexibility index (Phi) is 3.55. The molecule has 2 heterocycles. The molecule has 26 heavy (non-hydrogen) atoms. The van der Waals surface area contributed by atoms with E-state index in [1.54, 1.807) is 0 Å². The van der Waals surface area contributed by atoms with E-state index in [0.29, 0.717) is 0 Å². The van der Waals surface area contributed by atoms with E-state index in [1.165, 1.54) is 18.5 Å². The highest BCUT2D eigenvalue weighted by Gasteiger charge is 2.51. The number of hydrogen-bond acceptors (Lipinski definition) is 4. The lowest BCUT2D eigenvalue weighted by Gasteiger charge is -2.19. The molecule has 2 aliphatic heterocycles. The molecule has 2 aromatic carbocycles. The van der Waals surface area contributed by atoms with Crippen molar-refractivity contribution in [3.8, 4) is 11.5 Å². The Bertz CT molecular complexity index is 837. The lowest BCUT2D eigenvalue weighted by Crippen LogP contribution is -2.27. The van der Waals surface area contributed by atoms with Crippen LogP contribution >= 0.6 is 0 Å². The highest BCUT2D eigenvalue weighted by Crippen LogP contribution is 2.51. The molecule has 0 bridgehead atoms. The third kappa shape index (κ3) is 2.59. The molecule has 1 amide bonds. The largest absolute Gasteiger partial charge is 0.454 e. The molecule has 2 fully saturated rings. The fraction of sp³-hybridized carbons (Fsp3) is 0.381. The Morgan fingerprint density at radius 1 is 0.962 bits per heavy atom. The van der Waals surface area contributed by atoms with E-state index >= 15 is 0 Å². The summed E-state index contributed by atoms with van der Waals surface area (Å²) in [6, 6.07) is 14.0. The SMILES string of the molecule is O=C(Nc1ccc(N2CCCC2)cc1)C1(c2ccc3c(c2)OCO3)CC1. The Hall–Kier alpha value is -2.69. The molecule has 5 rings (SSSR count). The van der Waals surface area contributed by atoms with Gasteiger partial charge >= 0.3 is 0 Å². The van der Waals surface area contributed by atoms with Gasteiger partial charge in [-0.1, -0.05) is 6.07 Å². The van der Waals surface area contributed by atoms with Crippen LogP contribution in [0.4, 0.5) is 11.4 Å². The third-order valence-corrected chi connectivity index (χ3v) is 5.71. The minimum atomic E-state index is -0.436. The van der Waals surface area contributed by atoms with Crippen LogP contribution < -0.4 is 19.7 Å². The van der Waals surface area contributed by atoms with Crippen LogP contribution in [0.1, 0.15) is 31.2 Å². The molecule has 2 aromatic rings. The second-order valence-corrected chi connectivity index (χ2v) is 7.35. The van der Waals surface area contributed by atoms with Crippen LogP contribution in [-0.4, -0.2) is 25.8 Å². The maximum atomic E-state index is 12.9. The number of carbonyl (C=O) groups is 1. The predicted molar refractivity (Wildman–Crippen MR) is 100.0 cm³/mol. The van der Waals surface area contributed by atoms with E-state index in [2.05, 4.69) is 22.3 Å². The van der Waals surface area contributed by atoms with Gasteiger partial charge in [0.1, 0.15) is 0 Å². The Morgan fingerprint density at radius 2 is 1.69 bits per heavy atom. The quantitative estimate of drug-likeness (QED) is 0.914. The first-order chi connectivity index (χ1) is 12.7. The van der Waals surface area contributed by atoms with Gasteiger partial charge in [0.05, 0.1) is 5.41 Å². The van der Waals surface area contributed by atoms with Crippen molar-refractivity contribution in [1.82, 2.24) is 0 Å². The summed E-state index contributed by atoms with van der Waals surface area (Å²) in [7, 11) is 0. The van der Waals surface area contributed by atoms with E-state index in [0.717, 1.165) is 48.7 Å². The lowest BCUT2D eigenvalue weighted by molar-refractivity contribution is -0.118. The number of amides is 1. The Labute approximate surface area is 152 Å². The zero-order valence-corrected chi connectivity index (χ0v) is 14.7. The van der Waals surface area contributed by atoms with Crippen molar-refractivity contribution in [1.29, 1.82) is 0 Å². The van der Waals surface area contributed by atoms with Crippen LogP contribution in [0.3, 0.4) is 0 Å². The van der Waals surface area contributed by atoms with Gasteiger partial charge in [-0.05, 0) is 67.6 Å². The van der Waals surface area contributed by atoms with Gasteiger partial charge in [-0.15, -0.1) is 0 Å². The molecule has 134 valence electrons. The van der Waals surface area contributed by atoms with Crippen LogP contribution in [0.25, 0.3) is 0 Å². The summed E-state index contributed by atoms with van der Waals surface area (Å²) in [6.07, 6.45) is 4.25. The van der Waals surface area contributed by atoms with E-state index in [-0.39, 0.29) is 12.7 Å². The molecule has 1 N–H and O–H groups in total. The van der Waals surface area contributed by atoms with Crippen LogP contribution in [0, 0.1) is 0 Å². The molecule has 0 aromatic heterocycles. The second-order valence-electron chi connectivity index (χ2n) is 7.35. The number of nitrogens with zero attached hydrogens (tertiary/aromatic N) is 1. The zero-order valence-electron chi connectivity index (χ0n) is 14.7. The van der Waals surface area contributed by atoms with Gasteiger partial charge in [-0.3, -0.25) is 4.79 Å². The van der Waals surface area contributed by atoms with Crippen LogP contribution in [0.15, 0.2) is 42.5 Å². The lowest BCUT2D eigenvalue weighted by atomic mass is 9.94. The molecule has 3 aliphatic rings. The summed E-state index contributed by atoms with van der Waals surface area (Å²) in [4.78, 5) is 15.3. The number of ether oxygens (including phenoxy) is 2. The van der Waals surface area contributed by atoms with Crippen LogP contribution in [-0.2, 0) is 10.2 Å². The highest BCUT2D eigenvalue weighted by atomic mass is 16.7. The van der Waals surface area contributed by atoms with Crippen LogP contribution in [0.2, 0.25) is 0 Å². The molecule has 1 saturated heterocycles. The number of fused-ring (bicyclic) bond motifs is 1. The minimum Gasteiger partial charge on any atom is -0.454 e. The van der Waals surface area contributed by atoms with Gasteiger partial charge < -0.3 is 19.7 Å². The monoisotopic (exact) mass is 350 g/mol. The van der Waals surface area contributed by atoms with E-state index < -0.39 is 5.41 Å². The number of rotatable bonds is 4. The molecule has 5 heteroatoms. The van der Waals surface area contributed by atoms with E-state index in [1.807, 2.05) is 30.3 Å². The summed E-state index contributed by atoms with van der Waals surface area (Å²) in [6.45, 7) is 2.50. The standard InChI is InChI=1S/C21H22N2O3/c24-20(22-16-4-6-17(7-5-16)23-11-1-2-12-23)21(9-10-21)15-3-8-18-19(13-15)26-14-25-18/h3-8,13H,1-2,9-12,14H2,(H,22,24). The maximum Gasteiger partial charge on any atom is 0.235 e. The maximum absolute atomic E-state index is 12.9. The van der Waals surface area contributed by atoms with Crippen molar-refractivity contribution < 1.29 is 14.3 Å². The highest BCUT2D eigenvalue weighted by molar-refractivity contribution is 6.01. The molecule has 0 spiro atoms. The van der Waals surface area contributed by atoms with Crippen molar-refractivity contribution in [2.24, 2.45) is 0 Å². The first-order valence-corrected chi connectivity index (χ1v) is 9.31. The molecule has 5 nitrogen and oxygen atoms in total. The van der Waals surface area contributed by atoms with Crippen molar-refractivity contribution in [2.75, 3.05) is 30.1 Å². The first kappa shape index (κ1) is 15.6. The van der Waals surface area contributed by atoms with Crippen molar-refractivity contribution >= 4 is 17.3 Å². The summed E-state index contributed by atoms with van der Waals surface area (Å²) < 4.78 is 10.8. The normalized spacial score (nSPS) is 19.5. The zero-order chi connectivity index (χ0) is 17.6. The predicted octanol–water partition coefficient (Wildman–Crippen LogP) is 3.69. The van der Waals surface area contributed by atoms with Crippen molar-refractivity contribution in [2.45, 2.75) is 31.1 Å². The Morgan fingerprint density at radius 3 is 2.42 bits per heavy atom.